The molecule has 1 heterocycles. The fraction of sp³-hybridized carbons (Fsp3) is 0.652. The van der Waals surface area contributed by atoms with E-state index in [2.05, 4.69) is 15.2 Å². The Bertz CT molecular complexity index is 759. The highest BCUT2D eigenvalue weighted by molar-refractivity contribution is 14.0. The summed E-state index contributed by atoms with van der Waals surface area (Å²) >= 11 is 0. The van der Waals surface area contributed by atoms with Crippen LogP contribution in [-0.2, 0) is 11.3 Å². The fourth-order valence-corrected chi connectivity index (χ4v) is 3.64. The molecule has 0 atom stereocenters. The molecule has 32 heavy (non-hydrogen) atoms. The zero-order valence-corrected chi connectivity index (χ0v) is 22.5. The number of ether oxygens (including phenoxy) is 2. The highest BCUT2D eigenvalue weighted by Gasteiger charge is 2.27. The van der Waals surface area contributed by atoms with Crippen LogP contribution in [0.5, 0.6) is 11.5 Å². The number of phenols is 1. The molecular formula is C23H39IN4O4. The average Bonchev–Trinajstić information content (AvgIpc) is 2.73. The second-order valence-electron chi connectivity index (χ2n) is 8.84. The number of nitrogens with zero attached hydrogens (tertiary/aromatic N) is 3. The zero-order chi connectivity index (χ0) is 23.0. The maximum atomic E-state index is 12.4. The normalized spacial score (nSPS) is 15.1. The van der Waals surface area contributed by atoms with Crippen LogP contribution < -0.4 is 10.1 Å². The quantitative estimate of drug-likeness (QED) is 0.309. The molecule has 0 unspecified atom stereocenters. The van der Waals surface area contributed by atoms with Crippen molar-refractivity contribution < 1.29 is 19.4 Å². The fourth-order valence-electron chi connectivity index (χ4n) is 3.64. The average molecular weight is 562 g/mol. The Hall–Kier alpha value is -1.91. The maximum Gasteiger partial charge on any atom is 0.410 e. The van der Waals surface area contributed by atoms with Gasteiger partial charge in [0.2, 0.25) is 0 Å². The summed E-state index contributed by atoms with van der Waals surface area (Å²) in [6.07, 6.45) is 1.71. The Balaban J connectivity index is 0.00000512. The van der Waals surface area contributed by atoms with Gasteiger partial charge in [0.25, 0.3) is 0 Å². The molecule has 1 saturated heterocycles. The lowest BCUT2D eigenvalue weighted by atomic mass is 9.96. The van der Waals surface area contributed by atoms with Gasteiger partial charge in [-0.1, -0.05) is 0 Å². The van der Waals surface area contributed by atoms with E-state index in [1.807, 2.05) is 33.8 Å². The Morgan fingerprint density at radius 1 is 1.31 bits per heavy atom. The summed E-state index contributed by atoms with van der Waals surface area (Å²) in [5.41, 5.74) is 0.273. The second kappa shape index (κ2) is 13.0. The molecule has 0 bridgehead atoms. The Labute approximate surface area is 209 Å². The number of likely N-dealkylation sites (tertiary alicyclic amines) is 1. The van der Waals surface area contributed by atoms with Crippen molar-refractivity contribution in [2.45, 2.75) is 52.7 Å². The number of benzene rings is 1. The van der Waals surface area contributed by atoms with Gasteiger partial charge in [-0.25, -0.2) is 4.79 Å². The lowest BCUT2D eigenvalue weighted by Crippen LogP contribution is -2.47. The number of rotatable bonds is 6. The van der Waals surface area contributed by atoms with Crippen molar-refractivity contribution in [2.24, 2.45) is 10.9 Å². The van der Waals surface area contributed by atoms with E-state index in [4.69, 9.17) is 9.47 Å². The van der Waals surface area contributed by atoms with E-state index in [1.54, 1.807) is 31.2 Å². The summed E-state index contributed by atoms with van der Waals surface area (Å²) < 4.78 is 10.8. The molecule has 1 aromatic rings. The van der Waals surface area contributed by atoms with Crippen LogP contribution in [0.25, 0.3) is 0 Å². The number of guanidine groups is 1. The molecule has 0 saturated carbocycles. The first-order valence-corrected chi connectivity index (χ1v) is 11.0. The van der Waals surface area contributed by atoms with E-state index in [-0.39, 0.29) is 35.8 Å². The Morgan fingerprint density at radius 2 is 1.97 bits per heavy atom. The summed E-state index contributed by atoms with van der Waals surface area (Å²) in [5, 5.41) is 13.4. The molecule has 8 nitrogen and oxygen atoms in total. The van der Waals surface area contributed by atoms with E-state index in [0.29, 0.717) is 31.3 Å². The van der Waals surface area contributed by atoms with Gasteiger partial charge in [-0.15, -0.1) is 24.0 Å². The molecule has 1 amide bonds. The van der Waals surface area contributed by atoms with E-state index in [9.17, 15) is 9.90 Å². The number of hydrogen-bond donors (Lipinski definition) is 2. The van der Waals surface area contributed by atoms with Gasteiger partial charge in [-0.05, 0) is 64.7 Å². The number of nitrogens with one attached hydrogen (secondary N) is 1. The minimum absolute atomic E-state index is 0. The van der Waals surface area contributed by atoms with Gasteiger partial charge >= 0.3 is 6.09 Å². The summed E-state index contributed by atoms with van der Waals surface area (Å²) in [4.78, 5) is 20.8. The summed E-state index contributed by atoms with van der Waals surface area (Å²) in [6, 6.07) is 5.18. The third kappa shape index (κ3) is 8.55. The van der Waals surface area contributed by atoms with Crippen LogP contribution in [0.15, 0.2) is 23.2 Å². The number of aromatic hydroxyl groups is 1. The summed E-state index contributed by atoms with van der Waals surface area (Å²) in [5.74, 6) is 2.17. The van der Waals surface area contributed by atoms with Crippen LogP contribution >= 0.6 is 24.0 Å². The number of piperidine rings is 1. The van der Waals surface area contributed by atoms with E-state index < -0.39 is 5.60 Å². The number of carbonyl (C=O) groups is 1. The largest absolute Gasteiger partial charge is 0.508 e. The van der Waals surface area contributed by atoms with Crippen LogP contribution in [0.4, 0.5) is 4.79 Å². The first kappa shape index (κ1) is 28.1. The lowest BCUT2D eigenvalue weighted by molar-refractivity contribution is 0.0214. The van der Waals surface area contributed by atoms with Crippen molar-refractivity contribution in [1.82, 2.24) is 15.1 Å². The molecule has 0 spiro atoms. The minimum Gasteiger partial charge on any atom is -0.508 e. The number of amides is 1. The smallest absolute Gasteiger partial charge is 0.410 e. The molecule has 9 heteroatoms. The summed E-state index contributed by atoms with van der Waals surface area (Å²) in [7, 11) is 3.37. The maximum absolute atomic E-state index is 12.4. The highest BCUT2D eigenvalue weighted by Crippen LogP contribution is 2.23. The Kier molecular flexibility index (Phi) is 11.4. The molecule has 1 aromatic carbocycles. The van der Waals surface area contributed by atoms with Crippen LogP contribution in [0.3, 0.4) is 0 Å². The SMILES string of the molecule is CCN(CC1CCN(C(=NC)NCc2cc(OC)ccc2O)CC1)C(=O)OC(C)(C)C.I. The van der Waals surface area contributed by atoms with Crippen molar-refractivity contribution in [3.8, 4) is 11.5 Å². The molecule has 1 aliphatic heterocycles. The lowest BCUT2D eigenvalue weighted by Gasteiger charge is -2.36. The number of carbonyl (C=O) groups excluding carboxylic acids is 1. The Morgan fingerprint density at radius 3 is 2.50 bits per heavy atom. The van der Waals surface area contributed by atoms with E-state index >= 15 is 0 Å². The third-order valence-corrected chi connectivity index (χ3v) is 5.36. The van der Waals surface area contributed by atoms with Crippen LogP contribution in [0, 0.1) is 5.92 Å². The summed E-state index contributed by atoms with van der Waals surface area (Å²) in [6.45, 7) is 11.2. The molecule has 182 valence electrons. The van der Waals surface area contributed by atoms with Crippen molar-refractivity contribution in [2.75, 3.05) is 40.3 Å². The van der Waals surface area contributed by atoms with Gasteiger partial charge in [0.1, 0.15) is 17.1 Å². The molecule has 1 aliphatic rings. The first-order chi connectivity index (χ1) is 14.7. The predicted octanol–water partition coefficient (Wildman–Crippen LogP) is 4.06. The van der Waals surface area contributed by atoms with Crippen molar-refractivity contribution in [3.63, 3.8) is 0 Å². The van der Waals surface area contributed by atoms with Gasteiger partial charge < -0.3 is 29.7 Å². The molecule has 2 N–H and O–H groups in total. The van der Waals surface area contributed by atoms with Gasteiger partial charge in [0.05, 0.1) is 7.11 Å². The van der Waals surface area contributed by atoms with Crippen molar-refractivity contribution in [3.05, 3.63) is 23.8 Å². The zero-order valence-electron chi connectivity index (χ0n) is 20.2. The molecule has 2 rings (SSSR count). The van der Waals surface area contributed by atoms with Gasteiger partial charge in [0.15, 0.2) is 5.96 Å². The number of halogens is 1. The third-order valence-electron chi connectivity index (χ3n) is 5.36. The number of methoxy groups -OCH3 is 1. The van der Waals surface area contributed by atoms with Crippen LogP contribution in [0.1, 0.15) is 46.1 Å². The second-order valence-corrected chi connectivity index (χ2v) is 8.84. The minimum atomic E-state index is -0.483. The molecule has 0 aliphatic carbocycles. The van der Waals surface area contributed by atoms with Gasteiger partial charge in [-0.3, -0.25) is 4.99 Å². The topological polar surface area (TPSA) is 86.6 Å². The number of phenolic OH excluding ortho intramolecular Hbond substituents is 1. The molecular weight excluding hydrogens is 523 g/mol. The first-order valence-electron chi connectivity index (χ1n) is 11.0. The van der Waals surface area contributed by atoms with Crippen molar-refractivity contribution in [1.29, 1.82) is 0 Å². The monoisotopic (exact) mass is 562 g/mol. The van der Waals surface area contributed by atoms with Crippen LogP contribution in [-0.4, -0.2) is 72.9 Å². The van der Waals surface area contributed by atoms with Gasteiger partial charge in [-0.2, -0.15) is 0 Å². The number of aliphatic imine (C=N–C) groups is 1. The highest BCUT2D eigenvalue weighted by atomic mass is 127. The van der Waals surface area contributed by atoms with Crippen molar-refractivity contribution >= 4 is 36.0 Å². The molecule has 0 radical (unpaired) electrons. The molecule has 0 aromatic heterocycles. The van der Waals surface area contributed by atoms with E-state index in [0.717, 1.165) is 37.5 Å². The standard InChI is InChI=1S/C23H38N4O4.HI/c1-7-26(22(29)31-23(2,3)4)16-17-10-12-27(13-11-17)21(24-5)25-15-18-14-19(30-6)8-9-20(18)28;/h8-9,14,17,28H,7,10-13,15-16H2,1-6H3,(H,24,25);1H. The predicted molar refractivity (Wildman–Crippen MR) is 138 cm³/mol. The van der Waals surface area contributed by atoms with Gasteiger partial charge in [0, 0.05) is 45.3 Å². The van der Waals surface area contributed by atoms with Crippen LogP contribution in [0.2, 0.25) is 0 Å². The van der Waals surface area contributed by atoms with E-state index in [1.165, 1.54) is 0 Å². The number of hydrogen-bond acceptors (Lipinski definition) is 5. The molecule has 1 fully saturated rings.